The number of H-pyrrole nitrogens is 1. The van der Waals surface area contributed by atoms with Gasteiger partial charge in [-0.3, -0.25) is 9.59 Å². The molecule has 150 valence electrons. The number of aromatic amines is 1. The normalized spacial score (nSPS) is 15.9. The molecule has 2 aromatic carbocycles. The lowest BCUT2D eigenvalue weighted by molar-refractivity contribution is -0.122. The summed E-state index contributed by atoms with van der Waals surface area (Å²) in [6, 6.07) is 17.6. The van der Waals surface area contributed by atoms with Crippen LogP contribution in [0.3, 0.4) is 0 Å². The maximum Gasteiger partial charge on any atom is 0.258 e. The van der Waals surface area contributed by atoms with Crippen LogP contribution in [-0.2, 0) is 11.2 Å². The van der Waals surface area contributed by atoms with Gasteiger partial charge in [-0.15, -0.1) is 0 Å². The van der Waals surface area contributed by atoms with Crippen molar-refractivity contribution in [3.05, 3.63) is 76.3 Å². The SMILES string of the molecule is O=C(CCc1nc2ccccc2c(=O)[nH]1)NC(c1ccccc1)C1CCCCC1. The minimum absolute atomic E-state index is 0.000217. The maximum absolute atomic E-state index is 12.8. The standard InChI is InChI=1S/C24H27N3O2/c28-22(16-15-21-25-20-14-8-7-13-19(20)24(29)26-21)27-23(17-9-3-1-4-10-17)18-11-5-2-6-12-18/h1,3-4,7-10,13-14,18,23H,2,5-6,11-12,15-16H2,(H,27,28)(H,25,26,29). The summed E-state index contributed by atoms with van der Waals surface area (Å²) >= 11 is 0. The Balaban J connectivity index is 1.45. The number of carbonyl (C=O) groups is 1. The molecular weight excluding hydrogens is 362 g/mol. The zero-order chi connectivity index (χ0) is 20.1. The number of nitrogens with zero attached hydrogens (tertiary/aromatic N) is 1. The molecule has 0 radical (unpaired) electrons. The number of hydrogen-bond acceptors (Lipinski definition) is 3. The van der Waals surface area contributed by atoms with Crippen LogP contribution in [0.2, 0.25) is 0 Å². The first-order valence-electron chi connectivity index (χ1n) is 10.5. The van der Waals surface area contributed by atoms with E-state index < -0.39 is 0 Å². The third-order valence-corrected chi connectivity index (χ3v) is 5.85. The molecule has 5 heteroatoms. The highest BCUT2D eigenvalue weighted by molar-refractivity contribution is 5.78. The van der Waals surface area contributed by atoms with Gasteiger partial charge in [-0.25, -0.2) is 4.98 Å². The van der Waals surface area contributed by atoms with Gasteiger partial charge >= 0.3 is 0 Å². The first-order valence-corrected chi connectivity index (χ1v) is 10.5. The fraction of sp³-hybridized carbons (Fsp3) is 0.375. The predicted octanol–water partition coefficient (Wildman–Crippen LogP) is 4.29. The van der Waals surface area contributed by atoms with Crippen LogP contribution in [0.5, 0.6) is 0 Å². The average molecular weight is 389 g/mol. The van der Waals surface area contributed by atoms with Gasteiger partial charge < -0.3 is 10.3 Å². The Morgan fingerprint density at radius 1 is 1.03 bits per heavy atom. The zero-order valence-electron chi connectivity index (χ0n) is 16.6. The molecule has 4 rings (SSSR count). The Bertz CT molecular complexity index is 1020. The first-order chi connectivity index (χ1) is 14.2. The number of aryl methyl sites for hydroxylation is 1. The van der Waals surface area contributed by atoms with Crippen LogP contribution >= 0.6 is 0 Å². The van der Waals surface area contributed by atoms with Gasteiger partial charge in [0.1, 0.15) is 5.82 Å². The van der Waals surface area contributed by atoms with Gasteiger partial charge in [0.05, 0.1) is 16.9 Å². The van der Waals surface area contributed by atoms with E-state index >= 15 is 0 Å². The molecule has 2 N–H and O–H groups in total. The van der Waals surface area contributed by atoms with E-state index in [1.807, 2.05) is 36.4 Å². The number of rotatable bonds is 6. The topological polar surface area (TPSA) is 74.8 Å². The Kier molecular flexibility index (Phi) is 6.03. The number of fused-ring (bicyclic) bond motifs is 1. The fourth-order valence-electron chi connectivity index (χ4n) is 4.33. The van der Waals surface area contributed by atoms with Crippen LogP contribution in [0, 0.1) is 5.92 Å². The number of aromatic nitrogens is 2. The Labute approximate surface area is 170 Å². The van der Waals surface area contributed by atoms with Gasteiger partial charge in [0.25, 0.3) is 5.56 Å². The summed E-state index contributed by atoms with van der Waals surface area (Å²) in [5.74, 6) is 1.03. The number of nitrogens with one attached hydrogen (secondary N) is 2. The Morgan fingerprint density at radius 3 is 2.55 bits per heavy atom. The quantitative estimate of drug-likeness (QED) is 0.660. The van der Waals surface area contributed by atoms with Crippen molar-refractivity contribution in [3.63, 3.8) is 0 Å². The van der Waals surface area contributed by atoms with Gasteiger partial charge in [0, 0.05) is 12.8 Å². The number of carbonyl (C=O) groups excluding carboxylic acids is 1. The molecule has 1 heterocycles. The molecule has 5 nitrogen and oxygen atoms in total. The minimum atomic E-state index is -0.157. The van der Waals surface area contributed by atoms with Gasteiger partial charge in [-0.2, -0.15) is 0 Å². The molecule has 0 spiro atoms. The molecule has 1 fully saturated rings. The summed E-state index contributed by atoms with van der Waals surface area (Å²) in [6.07, 6.45) is 6.76. The molecule has 29 heavy (non-hydrogen) atoms. The van der Waals surface area contributed by atoms with Gasteiger partial charge in [0.2, 0.25) is 5.91 Å². The lowest BCUT2D eigenvalue weighted by Crippen LogP contribution is -2.34. The van der Waals surface area contributed by atoms with E-state index in [9.17, 15) is 9.59 Å². The Hall–Kier alpha value is -2.95. The summed E-state index contributed by atoms with van der Waals surface area (Å²) in [7, 11) is 0. The first kappa shape index (κ1) is 19.4. The lowest BCUT2D eigenvalue weighted by Gasteiger charge is -2.31. The molecule has 1 atom stereocenters. The van der Waals surface area contributed by atoms with Crippen LogP contribution in [-0.4, -0.2) is 15.9 Å². The van der Waals surface area contributed by atoms with Crippen molar-refractivity contribution in [1.82, 2.24) is 15.3 Å². The van der Waals surface area contributed by atoms with Crippen LogP contribution in [0.25, 0.3) is 10.9 Å². The molecule has 1 saturated carbocycles. The average Bonchev–Trinajstić information content (AvgIpc) is 2.77. The molecule has 0 saturated heterocycles. The van der Waals surface area contributed by atoms with Crippen LogP contribution in [0.15, 0.2) is 59.4 Å². The molecule has 1 aromatic heterocycles. The third kappa shape index (κ3) is 4.73. The van der Waals surface area contributed by atoms with Crippen LogP contribution < -0.4 is 10.9 Å². The fourth-order valence-corrected chi connectivity index (χ4v) is 4.33. The summed E-state index contributed by atoms with van der Waals surface area (Å²) < 4.78 is 0. The highest BCUT2D eigenvalue weighted by Gasteiger charge is 2.26. The molecule has 3 aromatic rings. The Morgan fingerprint density at radius 2 is 1.76 bits per heavy atom. The van der Waals surface area contributed by atoms with Crippen LogP contribution in [0.1, 0.15) is 56.0 Å². The van der Waals surface area contributed by atoms with Crippen molar-refractivity contribution in [3.8, 4) is 0 Å². The summed E-state index contributed by atoms with van der Waals surface area (Å²) in [4.78, 5) is 32.3. The van der Waals surface area contributed by atoms with Crippen LogP contribution in [0.4, 0.5) is 0 Å². The molecule has 0 aliphatic heterocycles. The van der Waals surface area contributed by atoms with Crippen molar-refractivity contribution < 1.29 is 4.79 Å². The molecule has 1 amide bonds. The molecule has 1 unspecified atom stereocenters. The smallest absolute Gasteiger partial charge is 0.258 e. The second-order valence-electron chi connectivity index (χ2n) is 7.88. The highest BCUT2D eigenvalue weighted by atomic mass is 16.1. The second-order valence-corrected chi connectivity index (χ2v) is 7.88. The van der Waals surface area contributed by atoms with Crippen molar-refractivity contribution in [2.45, 2.75) is 51.0 Å². The zero-order valence-corrected chi connectivity index (χ0v) is 16.6. The summed E-state index contributed by atoms with van der Waals surface area (Å²) in [5.41, 5.74) is 1.68. The van der Waals surface area contributed by atoms with E-state index in [0.717, 1.165) is 12.8 Å². The van der Waals surface area contributed by atoms with Crippen molar-refractivity contribution in [2.75, 3.05) is 0 Å². The number of hydrogen-bond donors (Lipinski definition) is 2. The predicted molar refractivity (Wildman–Crippen MR) is 115 cm³/mol. The van der Waals surface area contributed by atoms with Crippen molar-refractivity contribution >= 4 is 16.8 Å². The summed E-state index contributed by atoms with van der Waals surface area (Å²) in [6.45, 7) is 0. The van der Waals surface area contributed by atoms with E-state index in [-0.39, 0.29) is 17.5 Å². The largest absolute Gasteiger partial charge is 0.349 e. The monoisotopic (exact) mass is 389 g/mol. The number of amides is 1. The van der Waals surface area contributed by atoms with Crippen molar-refractivity contribution in [1.29, 1.82) is 0 Å². The van der Waals surface area contributed by atoms with E-state index in [4.69, 9.17) is 0 Å². The van der Waals surface area contributed by atoms with Crippen molar-refractivity contribution in [2.24, 2.45) is 5.92 Å². The molecular formula is C24H27N3O2. The number of benzene rings is 2. The van der Waals surface area contributed by atoms with Gasteiger partial charge in [-0.05, 0) is 36.5 Å². The van der Waals surface area contributed by atoms with E-state index in [0.29, 0.717) is 35.5 Å². The molecule has 1 aliphatic carbocycles. The van der Waals surface area contributed by atoms with Gasteiger partial charge in [0.15, 0.2) is 0 Å². The highest BCUT2D eigenvalue weighted by Crippen LogP contribution is 2.34. The number of para-hydroxylation sites is 1. The second kappa shape index (κ2) is 9.03. The summed E-state index contributed by atoms with van der Waals surface area (Å²) in [5, 5.41) is 3.84. The third-order valence-electron chi connectivity index (χ3n) is 5.85. The van der Waals surface area contributed by atoms with Gasteiger partial charge in [-0.1, -0.05) is 61.7 Å². The van der Waals surface area contributed by atoms with E-state index in [1.54, 1.807) is 6.07 Å². The van der Waals surface area contributed by atoms with E-state index in [2.05, 4.69) is 27.4 Å². The maximum atomic E-state index is 12.8. The minimum Gasteiger partial charge on any atom is -0.349 e. The van der Waals surface area contributed by atoms with E-state index in [1.165, 1.54) is 24.8 Å². The molecule has 1 aliphatic rings. The lowest BCUT2D eigenvalue weighted by atomic mass is 9.81. The molecule has 0 bridgehead atoms.